The second kappa shape index (κ2) is 4.37. The van der Waals surface area contributed by atoms with E-state index in [1.807, 2.05) is 6.07 Å². The molecule has 1 aromatic carbocycles. The van der Waals surface area contributed by atoms with Gasteiger partial charge in [0.1, 0.15) is 11.3 Å². The third-order valence-corrected chi connectivity index (χ3v) is 2.36. The Morgan fingerprint density at radius 3 is 2.33 bits per heavy atom. The van der Waals surface area contributed by atoms with E-state index in [1.54, 1.807) is 45.0 Å². The molecule has 1 aliphatic heterocycles. The van der Waals surface area contributed by atoms with Gasteiger partial charge in [-0.2, -0.15) is 0 Å². The van der Waals surface area contributed by atoms with Gasteiger partial charge >= 0.3 is 5.97 Å². The molecule has 4 heteroatoms. The predicted molar refractivity (Wildman–Crippen MR) is 67.8 cm³/mol. The summed E-state index contributed by atoms with van der Waals surface area (Å²) in [5, 5.41) is 0. The molecule has 0 radical (unpaired) electrons. The van der Waals surface area contributed by atoms with Gasteiger partial charge in [0, 0.05) is 5.56 Å². The third-order valence-electron chi connectivity index (χ3n) is 2.36. The predicted octanol–water partition coefficient (Wildman–Crippen LogP) is 2.03. The number of aliphatic imine (C=N–C) groups is 1. The molecule has 1 atom stereocenters. The molecule has 1 aromatic rings. The van der Waals surface area contributed by atoms with E-state index in [4.69, 9.17) is 4.74 Å². The van der Waals surface area contributed by atoms with Crippen molar-refractivity contribution in [3.8, 4) is 0 Å². The molecule has 18 heavy (non-hydrogen) atoms. The zero-order chi connectivity index (χ0) is 13.3. The van der Waals surface area contributed by atoms with E-state index in [0.717, 1.165) is 0 Å². The number of benzene rings is 1. The second-order valence-electron chi connectivity index (χ2n) is 5.15. The van der Waals surface area contributed by atoms with Crippen molar-refractivity contribution in [1.82, 2.24) is 0 Å². The summed E-state index contributed by atoms with van der Waals surface area (Å²) < 4.78 is 5.17. The van der Waals surface area contributed by atoms with E-state index < -0.39 is 17.6 Å². The lowest BCUT2D eigenvalue weighted by Crippen LogP contribution is -2.29. The molecule has 0 N–H and O–H groups in total. The van der Waals surface area contributed by atoms with Crippen LogP contribution in [0.2, 0.25) is 0 Å². The number of hydrogen-bond acceptors (Lipinski definition) is 4. The number of carbonyl (C=O) groups is 2. The number of esters is 1. The van der Waals surface area contributed by atoms with Gasteiger partial charge in [-0.25, -0.2) is 4.79 Å². The lowest BCUT2D eigenvalue weighted by molar-refractivity contribution is -0.153. The minimum atomic E-state index is -0.711. The first kappa shape index (κ1) is 12.5. The molecule has 0 saturated carbocycles. The molecular formula is C14H15NO3. The minimum Gasteiger partial charge on any atom is -0.458 e. The Labute approximate surface area is 106 Å². The van der Waals surface area contributed by atoms with Crippen LogP contribution in [0.1, 0.15) is 31.1 Å². The van der Waals surface area contributed by atoms with Gasteiger partial charge in [-0.1, -0.05) is 30.3 Å². The topological polar surface area (TPSA) is 55.7 Å². The summed E-state index contributed by atoms with van der Waals surface area (Å²) in [6, 6.07) is 8.08. The van der Waals surface area contributed by atoms with E-state index in [2.05, 4.69) is 4.99 Å². The van der Waals surface area contributed by atoms with Crippen LogP contribution in [0.4, 0.5) is 0 Å². The van der Waals surface area contributed by atoms with Gasteiger partial charge in [0.05, 0.1) is 0 Å². The fourth-order valence-electron chi connectivity index (χ4n) is 1.54. The Morgan fingerprint density at radius 2 is 1.78 bits per heavy atom. The summed E-state index contributed by atoms with van der Waals surface area (Å²) in [6.45, 7) is 5.35. The zero-order valence-electron chi connectivity index (χ0n) is 10.6. The summed E-state index contributed by atoms with van der Waals surface area (Å²) in [5.74, 6) is -0.659. The number of nitrogens with zero attached hydrogens (tertiary/aromatic N) is 1. The first-order chi connectivity index (χ1) is 8.38. The van der Waals surface area contributed by atoms with Crippen LogP contribution in [0.3, 0.4) is 0 Å². The van der Waals surface area contributed by atoms with Gasteiger partial charge in [-0.05, 0) is 20.8 Å². The number of ketones is 1. The number of Topliss-reactive ketones (excluding diaryl/α,β-unsaturated/α-hetero) is 1. The van der Waals surface area contributed by atoms with E-state index in [0.29, 0.717) is 5.56 Å². The number of carbonyl (C=O) groups excluding carboxylic acids is 2. The van der Waals surface area contributed by atoms with Crippen molar-refractivity contribution in [2.75, 3.05) is 0 Å². The molecule has 1 aliphatic rings. The Morgan fingerprint density at radius 1 is 1.17 bits per heavy atom. The summed E-state index contributed by atoms with van der Waals surface area (Å²) in [7, 11) is 0. The maximum atomic E-state index is 11.9. The minimum absolute atomic E-state index is 0.202. The normalized spacial score (nSPS) is 17.9. The van der Waals surface area contributed by atoms with Crippen LogP contribution in [0.25, 0.3) is 0 Å². The second-order valence-corrected chi connectivity index (χ2v) is 5.15. The number of ether oxygens (including phenoxy) is 1. The highest BCUT2D eigenvalue weighted by atomic mass is 16.6. The van der Waals surface area contributed by atoms with Crippen LogP contribution in [0.5, 0.6) is 0 Å². The fraction of sp³-hybridized carbons (Fsp3) is 0.357. The molecule has 0 fully saturated rings. The van der Waals surface area contributed by atoms with Gasteiger partial charge in [-0.15, -0.1) is 0 Å². The van der Waals surface area contributed by atoms with Crippen molar-refractivity contribution >= 4 is 17.5 Å². The quantitative estimate of drug-likeness (QED) is 0.604. The molecule has 0 aliphatic carbocycles. The van der Waals surface area contributed by atoms with Gasteiger partial charge < -0.3 is 4.74 Å². The van der Waals surface area contributed by atoms with E-state index in [-0.39, 0.29) is 11.5 Å². The van der Waals surface area contributed by atoms with Crippen molar-refractivity contribution in [3.05, 3.63) is 35.9 Å². The number of rotatable bonds is 3. The van der Waals surface area contributed by atoms with Crippen molar-refractivity contribution in [3.63, 3.8) is 0 Å². The highest BCUT2D eigenvalue weighted by molar-refractivity contribution is 6.55. The molecule has 0 aromatic heterocycles. The van der Waals surface area contributed by atoms with Crippen molar-refractivity contribution in [2.45, 2.75) is 32.4 Å². The van der Waals surface area contributed by atoms with Crippen LogP contribution < -0.4 is 0 Å². The number of hydrogen-bond donors (Lipinski definition) is 0. The highest BCUT2D eigenvalue weighted by Crippen LogP contribution is 2.21. The van der Waals surface area contributed by atoms with Crippen molar-refractivity contribution in [2.24, 2.45) is 4.99 Å². The van der Waals surface area contributed by atoms with Crippen LogP contribution >= 0.6 is 0 Å². The molecule has 0 saturated heterocycles. The van der Waals surface area contributed by atoms with Crippen molar-refractivity contribution in [1.29, 1.82) is 0 Å². The van der Waals surface area contributed by atoms with Crippen molar-refractivity contribution < 1.29 is 14.3 Å². The van der Waals surface area contributed by atoms with Gasteiger partial charge in [0.2, 0.25) is 5.78 Å². The Kier molecular flexibility index (Phi) is 3.03. The summed E-state index contributed by atoms with van der Waals surface area (Å²) in [5.41, 5.74) is 0.272. The Hall–Kier alpha value is -1.97. The molecule has 94 valence electrons. The van der Waals surface area contributed by atoms with Crippen LogP contribution in [-0.2, 0) is 9.53 Å². The molecule has 0 bridgehead atoms. The largest absolute Gasteiger partial charge is 0.458 e. The standard InChI is InChI=1S/C14H15NO3/c1-14(2,3)18-13(17)11-10(15-11)12(16)9-7-5-4-6-8-9/h4-8,11H,1-3H3/t11-/m0/s1. The molecule has 4 nitrogen and oxygen atoms in total. The third kappa shape index (κ3) is 2.83. The lowest BCUT2D eigenvalue weighted by Gasteiger charge is -2.18. The maximum Gasteiger partial charge on any atom is 0.337 e. The van der Waals surface area contributed by atoms with Gasteiger partial charge in [0.25, 0.3) is 0 Å². The lowest BCUT2D eigenvalue weighted by atomic mass is 10.1. The average Bonchev–Trinajstić information content (AvgIpc) is 3.07. The average molecular weight is 245 g/mol. The fourth-order valence-corrected chi connectivity index (χ4v) is 1.54. The SMILES string of the molecule is CC(C)(C)OC(=O)[C@H]1N=C1C(=O)c1ccccc1. The summed E-state index contributed by atoms with van der Waals surface area (Å²) >= 11 is 0. The molecule has 1 heterocycles. The van der Waals surface area contributed by atoms with E-state index in [1.165, 1.54) is 0 Å². The first-order valence-electron chi connectivity index (χ1n) is 5.79. The highest BCUT2D eigenvalue weighted by Gasteiger charge is 2.42. The van der Waals surface area contributed by atoms with Crippen LogP contribution in [0.15, 0.2) is 35.3 Å². The molecule has 0 spiro atoms. The maximum absolute atomic E-state index is 11.9. The summed E-state index contributed by atoms with van der Waals surface area (Å²) in [6.07, 6.45) is 0. The van der Waals surface area contributed by atoms with Gasteiger partial charge in [0.15, 0.2) is 6.04 Å². The monoisotopic (exact) mass is 245 g/mol. The summed E-state index contributed by atoms with van der Waals surface area (Å²) in [4.78, 5) is 27.5. The molecular weight excluding hydrogens is 230 g/mol. The van der Waals surface area contributed by atoms with E-state index in [9.17, 15) is 9.59 Å². The molecule has 0 amide bonds. The molecule has 0 unspecified atom stereocenters. The smallest absolute Gasteiger partial charge is 0.337 e. The van der Waals surface area contributed by atoms with Crippen LogP contribution in [-0.4, -0.2) is 29.1 Å². The van der Waals surface area contributed by atoms with E-state index >= 15 is 0 Å². The van der Waals surface area contributed by atoms with Gasteiger partial charge in [-0.3, -0.25) is 9.79 Å². The Balaban J connectivity index is 1.98. The van der Waals surface area contributed by atoms with Crippen LogP contribution in [0, 0.1) is 0 Å². The Bertz CT molecular complexity index is 512. The first-order valence-corrected chi connectivity index (χ1v) is 5.79. The molecule has 2 rings (SSSR count). The zero-order valence-corrected chi connectivity index (χ0v) is 10.6.